The van der Waals surface area contributed by atoms with Gasteiger partial charge in [-0.1, -0.05) is 6.08 Å². The molecule has 2 N–H and O–H groups in total. The fourth-order valence-electron chi connectivity index (χ4n) is 0. The molecule has 0 aliphatic carbocycles. The molecule has 0 aromatic rings. The number of hydrogen-bond acceptors (Lipinski definition) is 2. The van der Waals surface area contributed by atoms with Crippen LogP contribution in [-0.4, -0.2) is 6.54 Å². The Morgan fingerprint density at radius 1 is 1.83 bits per heavy atom. The molecule has 0 aromatic heterocycles. The summed E-state index contributed by atoms with van der Waals surface area (Å²) in [5.41, 5.74) is 4.91. The molecule has 0 aliphatic rings. The average Bonchev–Trinajstić information content (AvgIpc) is 1.72. The van der Waals surface area contributed by atoms with Gasteiger partial charge in [-0.3, -0.25) is 0 Å². The zero-order valence-electron chi connectivity index (χ0n) is 3.59. The Hall–Kier alpha value is -0.810. The summed E-state index contributed by atoms with van der Waals surface area (Å²) in [4.78, 5) is 0. The van der Waals surface area contributed by atoms with E-state index >= 15 is 0 Å². The van der Waals surface area contributed by atoms with Crippen LogP contribution >= 0.6 is 0 Å². The van der Waals surface area contributed by atoms with Gasteiger partial charge in [-0.15, -0.1) is 6.58 Å². The van der Waals surface area contributed by atoms with E-state index in [9.17, 15) is 0 Å². The molecule has 0 heterocycles. The summed E-state index contributed by atoms with van der Waals surface area (Å²) in [5.74, 6) is 0. The molecule has 0 rings (SSSR count). The third-order valence-corrected chi connectivity index (χ3v) is 0.167. The Kier molecular flexibility index (Phi) is 44.9. The molecule has 34 valence electrons. The summed E-state index contributed by atoms with van der Waals surface area (Å²) in [6.45, 7) is 7.44. The highest BCUT2D eigenvalue weighted by Gasteiger charge is 1.43. The highest BCUT2D eigenvalue weighted by molar-refractivity contribution is 4.64. The average molecular weight is 84.1 g/mol. The van der Waals surface area contributed by atoms with Crippen molar-refractivity contribution in [3.63, 3.8) is 0 Å². The van der Waals surface area contributed by atoms with Gasteiger partial charge in [-0.05, 0) is 0 Å². The quantitative estimate of drug-likeness (QED) is 0.463. The van der Waals surface area contributed by atoms with Gasteiger partial charge in [0.25, 0.3) is 0 Å². The minimum Gasteiger partial charge on any atom is -0.327 e. The van der Waals surface area contributed by atoms with E-state index in [1.165, 1.54) is 0 Å². The molecule has 0 spiro atoms. The molecule has 0 atom stereocenters. The van der Waals surface area contributed by atoms with Crippen LogP contribution in [0.5, 0.6) is 0 Å². The van der Waals surface area contributed by atoms with Crippen molar-refractivity contribution in [3.8, 4) is 6.57 Å². The van der Waals surface area contributed by atoms with E-state index in [1.54, 1.807) is 6.08 Å². The summed E-state index contributed by atoms with van der Waals surface area (Å²) >= 11 is 0. The summed E-state index contributed by atoms with van der Waals surface area (Å²) in [6, 6.07) is 0. The van der Waals surface area contributed by atoms with Gasteiger partial charge in [0.2, 0.25) is 0 Å². The topological polar surface area (TPSA) is 49.8 Å². The first kappa shape index (κ1) is 8.95. The predicted molar refractivity (Wildman–Crippen MR) is 25.9 cm³/mol. The predicted octanol–water partition coefficient (Wildman–Crippen LogP) is 0.271. The Bertz CT molecular complexity index is 38.1. The lowest BCUT2D eigenvalue weighted by Crippen LogP contribution is -1.90. The molecule has 0 unspecified atom stereocenters. The fraction of sp³-hybridized carbons (Fsp3) is 0.250. The lowest BCUT2D eigenvalue weighted by molar-refractivity contribution is 1.26. The van der Waals surface area contributed by atoms with Gasteiger partial charge in [0.15, 0.2) is 0 Å². The molecular formula is C4H8N2. The largest absolute Gasteiger partial charge is 0.327 e. The number of rotatable bonds is 1. The van der Waals surface area contributed by atoms with Crippen molar-refractivity contribution in [1.82, 2.24) is 0 Å². The van der Waals surface area contributed by atoms with Gasteiger partial charge in [-0.25, -0.2) is 5.26 Å². The zero-order chi connectivity index (χ0) is 5.41. The maximum Gasteiger partial charge on any atom is 0.0462 e. The Labute approximate surface area is 37.9 Å². The van der Waals surface area contributed by atoms with E-state index < -0.39 is 0 Å². The normalized spacial score (nSPS) is 4.50. The second-order valence-corrected chi connectivity index (χ2v) is 0.524. The SMILES string of the molecule is C#N.C=CCN. The van der Waals surface area contributed by atoms with Crippen molar-refractivity contribution in [1.29, 1.82) is 5.26 Å². The molecule has 0 bridgehead atoms. The standard InChI is InChI=1S/C3H7N.CHN/c1-2-3-4;1-2/h2H,1,3-4H2;1H. The second kappa shape index (κ2) is 30.1. The van der Waals surface area contributed by atoms with E-state index in [4.69, 9.17) is 11.0 Å². The van der Waals surface area contributed by atoms with Crippen molar-refractivity contribution in [2.45, 2.75) is 0 Å². The van der Waals surface area contributed by atoms with E-state index in [1.807, 2.05) is 0 Å². The first-order chi connectivity index (χ1) is 2.91. The van der Waals surface area contributed by atoms with E-state index in [-0.39, 0.29) is 0 Å². The minimum atomic E-state index is 0.583. The van der Waals surface area contributed by atoms with Crippen LogP contribution in [0.2, 0.25) is 0 Å². The third-order valence-electron chi connectivity index (χ3n) is 0.167. The molecule has 0 saturated carbocycles. The van der Waals surface area contributed by atoms with Crippen LogP contribution in [0.25, 0.3) is 0 Å². The third kappa shape index (κ3) is 424. The first-order valence-corrected chi connectivity index (χ1v) is 1.48. The van der Waals surface area contributed by atoms with Crippen LogP contribution < -0.4 is 5.73 Å². The first-order valence-electron chi connectivity index (χ1n) is 1.48. The van der Waals surface area contributed by atoms with Crippen LogP contribution in [0.4, 0.5) is 0 Å². The highest BCUT2D eigenvalue weighted by Crippen LogP contribution is 1.40. The van der Waals surface area contributed by atoms with Gasteiger partial charge in [0.05, 0.1) is 0 Å². The number of nitrogens with two attached hydrogens (primary N) is 1. The molecule has 2 heteroatoms. The molecule has 0 aliphatic heterocycles. The maximum absolute atomic E-state index is 6.50. The van der Waals surface area contributed by atoms with Crippen molar-refractivity contribution < 1.29 is 0 Å². The summed E-state index contributed by atoms with van der Waals surface area (Å²) in [6.07, 6.45) is 1.65. The number of nitrogens with zero attached hydrogens (tertiary/aromatic N) is 1. The van der Waals surface area contributed by atoms with Gasteiger partial charge in [0.1, 0.15) is 0 Å². The monoisotopic (exact) mass is 84.1 g/mol. The number of nitriles is 1. The molecule has 0 fully saturated rings. The molecule has 0 aromatic carbocycles. The van der Waals surface area contributed by atoms with Crippen LogP contribution in [-0.2, 0) is 0 Å². The highest BCUT2D eigenvalue weighted by atomic mass is 14.5. The van der Waals surface area contributed by atoms with Crippen LogP contribution in [0.1, 0.15) is 0 Å². The van der Waals surface area contributed by atoms with Crippen molar-refractivity contribution >= 4 is 0 Å². The molecule has 2 nitrogen and oxygen atoms in total. The summed E-state index contributed by atoms with van der Waals surface area (Å²) in [5, 5.41) is 6.50. The lowest BCUT2D eigenvalue weighted by Gasteiger charge is -1.61. The molecular weight excluding hydrogens is 76.1 g/mol. The van der Waals surface area contributed by atoms with Crippen molar-refractivity contribution in [3.05, 3.63) is 12.7 Å². The van der Waals surface area contributed by atoms with E-state index in [2.05, 4.69) is 13.2 Å². The second-order valence-electron chi connectivity index (χ2n) is 0.524. The van der Waals surface area contributed by atoms with Gasteiger partial charge < -0.3 is 5.73 Å². The van der Waals surface area contributed by atoms with Gasteiger partial charge in [-0.2, -0.15) is 0 Å². The van der Waals surface area contributed by atoms with Gasteiger partial charge >= 0.3 is 0 Å². The Morgan fingerprint density at radius 2 is 2.00 bits per heavy atom. The van der Waals surface area contributed by atoms with E-state index in [0.717, 1.165) is 0 Å². The van der Waals surface area contributed by atoms with Crippen LogP contribution in [0.15, 0.2) is 12.7 Å². The molecule has 6 heavy (non-hydrogen) atoms. The molecule has 0 amide bonds. The van der Waals surface area contributed by atoms with Crippen molar-refractivity contribution in [2.24, 2.45) is 5.73 Å². The lowest BCUT2D eigenvalue weighted by atomic mass is 10.7. The van der Waals surface area contributed by atoms with E-state index in [0.29, 0.717) is 6.54 Å². The number of hydrogen-bond donors (Lipinski definition) is 1. The van der Waals surface area contributed by atoms with Crippen LogP contribution in [0.3, 0.4) is 0 Å². The van der Waals surface area contributed by atoms with Gasteiger partial charge in [0, 0.05) is 13.1 Å². The maximum atomic E-state index is 6.50. The summed E-state index contributed by atoms with van der Waals surface area (Å²) < 4.78 is 0. The fourth-order valence-corrected chi connectivity index (χ4v) is 0. The minimum absolute atomic E-state index is 0.583. The van der Waals surface area contributed by atoms with Crippen LogP contribution in [0, 0.1) is 11.8 Å². The molecule has 0 saturated heterocycles. The Morgan fingerprint density at radius 3 is 2.00 bits per heavy atom. The zero-order valence-corrected chi connectivity index (χ0v) is 3.59. The Balaban J connectivity index is 0. The molecule has 0 radical (unpaired) electrons. The summed E-state index contributed by atoms with van der Waals surface area (Å²) in [7, 11) is 0. The smallest absolute Gasteiger partial charge is 0.0462 e. The van der Waals surface area contributed by atoms with Crippen molar-refractivity contribution in [2.75, 3.05) is 6.54 Å².